The molecule has 5 nitrogen and oxygen atoms in total. The van der Waals surface area contributed by atoms with E-state index in [1.54, 1.807) is 11.9 Å². The molecule has 1 aromatic rings. The number of esters is 1. The van der Waals surface area contributed by atoms with Crippen molar-refractivity contribution in [3.63, 3.8) is 0 Å². The van der Waals surface area contributed by atoms with Crippen LogP contribution in [-0.4, -0.2) is 50.1 Å². The van der Waals surface area contributed by atoms with Crippen molar-refractivity contribution in [3.8, 4) is 0 Å². The SMILES string of the molecule is CN(C(=O)CC1C(=O)OCCN1C)c1ccccc1. The van der Waals surface area contributed by atoms with Crippen LogP contribution < -0.4 is 4.90 Å². The fraction of sp³-hybridized carbons (Fsp3) is 0.429. The third-order valence-electron chi connectivity index (χ3n) is 3.38. The molecule has 19 heavy (non-hydrogen) atoms. The van der Waals surface area contributed by atoms with Gasteiger partial charge in [0.1, 0.15) is 12.6 Å². The van der Waals surface area contributed by atoms with Crippen LogP contribution in [0.25, 0.3) is 0 Å². The van der Waals surface area contributed by atoms with E-state index < -0.39 is 6.04 Å². The summed E-state index contributed by atoms with van der Waals surface area (Å²) in [7, 11) is 3.55. The molecule has 2 rings (SSSR count). The lowest BCUT2D eigenvalue weighted by Crippen LogP contribution is -2.49. The van der Waals surface area contributed by atoms with Crippen LogP contribution in [0.15, 0.2) is 30.3 Å². The van der Waals surface area contributed by atoms with Gasteiger partial charge in [0.15, 0.2) is 0 Å². The fourth-order valence-electron chi connectivity index (χ4n) is 2.06. The van der Waals surface area contributed by atoms with E-state index in [-0.39, 0.29) is 18.3 Å². The van der Waals surface area contributed by atoms with Crippen molar-refractivity contribution < 1.29 is 14.3 Å². The molecule has 102 valence electrons. The van der Waals surface area contributed by atoms with Gasteiger partial charge in [-0.3, -0.25) is 14.5 Å². The van der Waals surface area contributed by atoms with Crippen LogP contribution in [0.4, 0.5) is 5.69 Å². The summed E-state index contributed by atoms with van der Waals surface area (Å²) in [6.45, 7) is 1.06. The van der Waals surface area contributed by atoms with Gasteiger partial charge in [-0.05, 0) is 19.2 Å². The summed E-state index contributed by atoms with van der Waals surface area (Å²) in [6.07, 6.45) is 0.140. The van der Waals surface area contributed by atoms with Crippen LogP contribution in [0, 0.1) is 0 Å². The lowest BCUT2D eigenvalue weighted by molar-refractivity contribution is -0.157. The van der Waals surface area contributed by atoms with Gasteiger partial charge in [-0.2, -0.15) is 0 Å². The molecule has 0 radical (unpaired) electrons. The zero-order chi connectivity index (χ0) is 13.8. The van der Waals surface area contributed by atoms with Gasteiger partial charge in [0.2, 0.25) is 5.91 Å². The van der Waals surface area contributed by atoms with Gasteiger partial charge in [0.05, 0.1) is 6.42 Å². The Balaban J connectivity index is 2.02. The topological polar surface area (TPSA) is 49.9 Å². The van der Waals surface area contributed by atoms with Crippen LogP contribution in [0.3, 0.4) is 0 Å². The summed E-state index contributed by atoms with van der Waals surface area (Å²) in [5, 5.41) is 0. The van der Waals surface area contributed by atoms with E-state index in [1.807, 2.05) is 42.3 Å². The first-order valence-corrected chi connectivity index (χ1v) is 6.28. The Bertz CT molecular complexity index is 461. The first-order chi connectivity index (χ1) is 9.09. The Labute approximate surface area is 112 Å². The Morgan fingerprint density at radius 3 is 2.74 bits per heavy atom. The maximum Gasteiger partial charge on any atom is 0.323 e. The molecule has 1 atom stereocenters. The molecule has 1 heterocycles. The Hall–Kier alpha value is -1.88. The van der Waals surface area contributed by atoms with Gasteiger partial charge in [-0.25, -0.2) is 0 Å². The number of hydrogen-bond donors (Lipinski definition) is 0. The van der Waals surface area contributed by atoms with Crippen molar-refractivity contribution in [1.29, 1.82) is 0 Å². The number of para-hydroxylation sites is 1. The molecule has 1 aliphatic heterocycles. The minimum Gasteiger partial charge on any atom is -0.463 e. The van der Waals surface area contributed by atoms with Crippen molar-refractivity contribution in [2.24, 2.45) is 0 Å². The second-order valence-corrected chi connectivity index (χ2v) is 4.66. The highest BCUT2D eigenvalue weighted by Crippen LogP contribution is 2.16. The number of rotatable bonds is 3. The van der Waals surface area contributed by atoms with Gasteiger partial charge < -0.3 is 9.64 Å². The van der Waals surface area contributed by atoms with Gasteiger partial charge in [0, 0.05) is 19.3 Å². The molecule has 1 unspecified atom stereocenters. The van der Waals surface area contributed by atoms with E-state index in [2.05, 4.69) is 0 Å². The average molecular weight is 262 g/mol. The number of nitrogens with zero attached hydrogens (tertiary/aromatic N) is 2. The number of anilines is 1. The molecule has 1 fully saturated rings. The summed E-state index contributed by atoms with van der Waals surface area (Å²) in [4.78, 5) is 27.3. The molecule has 0 aliphatic carbocycles. The average Bonchev–Trinajstić information content (AvgIpc) is 2.43. The predicted molar refractivity (Wildman–Crippen MR) is 71.8 cm³/mol. The summed E-state index contributed by atoms with van der Waals surface area (Å²) >= 11 is 0. The maximum absolute atomic E-state index is 12.2. The van der Waals surface area contributed by atoms with Crippen molar-refractivity contribution in [3.05, 3.63) is 30.3 Å². The van der Waals surface area contributed by atoms with Gasteiger partial charge in [0.25, 0.3) is 0 Å². The Morgan fingerprint density at radius 2 is 2.11 bits per heavy atom. The largest absolute Gasteiger partial charge is 0.463 e. The number of amides is 1. The van der Waals surface area contributed by atoms with Crippen LogP contribution in [0.2, 0.25) is 0 Å². The number of hydrogen-bond acceptors (Lipinski definition) is 4. The lowest BCUT2D eigenvalue weighted by atomic mass is 10.1. The van der Waals surface area contributed by atoms with Crippen molar-refractivity contribution >= 4 is 17.6 Å². The van der Waals surface area contributed by atoms with Crippen LogP contribution in [0.1, 0.15) is 6.42 Å². The number of carbonyl (C=O) groups is 2. The van der Waals surface area contributed by atoms with E-state index in [9.17, 15) is 9.59 Å². The van der Waals surface area contributed by atoms with E-state index in [1.165, 1.54) is 0 Å². The smallest absolute Gasteiger partial charge is 0.323 e. The molecule has 0 bridgehead atoms. The Kier molecular flexibility index (Phi) is 4.16. The quantitative estimate of drug-likeness (QED) is 0.759. The highest BCUT2D eigenvalue weighted by molar-refractivity contribution is 5.96. The minimum atomic E-state index is -0.479. The van der Waals surface area contributed by atoms with Gasteiger partial charge in [-0.1, -0.05) is 18.2 Å². The molecule has 0 aromatic heterocycles. The molecule has 0 spiro atoms. The normalized spacial score (nSPS) is 19.9. The maximum atomic E-state index is 12.2. The number of cyclic esters (lactones) is 1. The third kappa shape index (κ3) is 3.12. The van der Waals surface area contributed by atoms with E-state index in [0.29, 0.717) is 13.2 Å². The number of benzene rings is 1. The minimum absolute atomic E-state index is 0.0955. The Morgan fingerprint density at radius 1 is 1.42 bits per heavy atom. The van der Waals surface area contributed by atoms with Crippen molar-refractivity contribution in [1.82, 2.24) is 4.90 Å². The lowest BCUT2D eigenvalue weighted by Gasteiger charge is -2.31. The number of morpholine rings is 1. The molecule has 1 saturated heterocycles. The third-order valence-corrected chi connectivity index (χ3v) is 3.38. The summed E-state index contributed by atoms with van der Waals surface area (Å²) < 4.78 is 5.00. The first-order valence-electron chi connectivity index (χ1n) is 6.28. The van der Waals surface area contributed by atoms with Gasteiger partial charge >= 0.3 is 5.97 Å². The summed E-state index contributed by atoms with van der Waals surface area (Å²) in [5.74, 6) is -0.412. The number of ether oxygens (including phenoxy) is 1. The van der Waals surface area contributed by atoms with Crippen LogP contribution >= 0.6 is 0 Å². The molecule has 5 heteroatoms. The molecule has 0 saturated carbocycles. The zero-order valence-electron chi connectivity index (χ0n) is 11.2. The molecule has 1 amide bonds. The molecule has 1 aliphatic rings. The molecular formula is C14H18N2O3. The molecular weight excluding hydrogens is 244 g/mol. The van der Waals surface area contributed by atoms with E-state index in [4.69, 9.17) is 4.74 Å². The second kappa shape index (κ2) is 5.84. The fourth-order valence-corrected chi connectivity index (χ4v) is 2.06. The van der Waals surface area contributed by atoms with Crippen molar-refractivity contribution in [2.45, 2.75) is 12.5 Å². The highest BCUT2D eigenvalue weighted by Gasteiger charge is 2.31. The molecule has 0 N–H and O–H groups in total. The van der Waals surface area contributed by atoms with E-state index >= 15 is 0 Å². The number of carbonyl (C=O) groups excluding carboxylic acids is 2. The van der Waals surface area contributed by atoms with Crippen LogP contribution in [0.5, 0.6) is 0 Å². The monoisotopic (exact) mass is 262 g/mol. The summed E-state index contributed by atoms with van der Waals surface area (Å²) in [6, 6.07) is 8.89. The molecule has 1 aromatic carbocycles. The van der Waals surface area contributed by atoms with Gasteiger partial charge in [-0.15, -0.1) is 0 Å². The van der Waals surface area contributed by atoms with Crippen molar-refractivity contribution in [2.75, 3.05) is 32.1 Å². The second-order valence-electron chi connectivity index (χ2n) is 4.66. The standard InChI is InChI=1S/C14H18N2O3/c1-15-8-9-19-14(18)12(15)10-13(17)16(2)11-6-4-3-5-7-11/h3-7,12H,8-10H2,1-2H3. The zero-order valence-corrected chi connectivity index (χ0v) is 11.2. The summed E-state index contributed by atoms with van der Waals surface area (Å²) in [5.41, 5.74) is 0.819. The predicted octanol–water partition coefficient (Wildman–Crippen LogP) is 0.897. The number of likely N-dealkylation sites (N-methyl/N-ethyl adjacent to an activating group) is 1. The first kappa shape index (κ1) is 13.5. The van der Waals surface area contributed by atoms with E-state index in [0.717, 1.165) is 5.69 Å². The highest BCUT2D eigenvalue weighted by atomic mass is 16.5. The van der Waals surface area contributed by atoms with Crippen LogP contribution in [-0.2, 0) is 14.3 Å².